The number of ether oxygens (including phenoxy) is 1. The summed E-state index contributed by atoms with van der Waals surface area (Å²) in [6.45, 7) is 5.59. The number of para-hydroxylation sites is 1. The number of hydrogen-bond acceptors (Lipinski definition) is 6. The lowest BCUT2D eigenvalue weighted by Gasteiger charge is -2.36. The van der Waals surface area contributed by atoms with Gasteiger partial charge in [-0.3, -0.25) is 23.9 Å². The lowest BCUT2D eigenvalue weighted by molar-refractivity contribution is -0.140. The summed E-state index contributed by atoms with van der Waals surface area (Å²) in [7, 11) is 0. The molecule has 3 heterocycles. The molecule has 3 fully saturated rings. The molecule has 2 amide bonds. The first-order valence-electron chi connectivity index (χ1n) is 12.0. The number of morpholine rings is 1. The van der Waals surface area contributed by atoms with Gasteiger partial charge in [0.05, 0.1) is 30.7 Å². The molecule has 176 valence electrons. The lowest BCUT2D eigenvalue weighted by atomic mass is 10.2. The second-order valence-electron chi connectivity index (χ2n) is 9.10. The molecule has 2 aliphatic heterocycles. The standard InChI is InChI=1S/C24H31N5O4/c30-22(27-9-11-28(12-10-27)23(31)17-26-13-15-33-16-14-26)8-7-21-25-20-4-2-1-3-19(20)24(32)29(21)18-5-6-18/h1-4,18H,5-17H2. The van der Waals surface area contributed by atoms with Crippen molar-refractivity contribution in [2.75, 3.05) is 59.0 Å². The Bertz CT molecular complexity index is 1080. The van der Waals surface area contributed by atoms with Crippen molar-refractivity contribution in [3.8, 4) is 0 Å². The van der Waals surface area contributed by atoms with Gasteiger partial charge in [0.25, 0.3) is 5.56 Å². The predicted octanol–water partition coefficient (Wildman–Crippen LogP) is 0.667. The van der Waals surface area contributed by atoms with Crippen molar-refractivity contribution in [3.05, 3.63) is 40.4 Å². The number of aryl methyl sites for hydroxylation is 1. The largest absolute Gasteiger partial charge is 0.379 e. The van der Waals surface area contributed by atoms with E-state index in [0.717, 1.165) is 25.9 Å². The summed E-state index contributed by atoms with van der Waals surface area (Å²) in [6.07, 6.45) is 2.74. The molecule has 0 atom stereocenters. The van der Waals surface area contributed by atoms with Crippen LogP contribution in [-0.2, 0) is 20.7 Å². The number of nitrogens with zero attached hydrogens (tertiary/aromatic N) is 5. The molecule has 0 N–H and O–H groups in total. The van der Waals surface area contributed by atoms with Crippen molar-refractivity contribution >= 4 is 22.7 Å². The van der Waals surface area contributed by atoms with Crippen LogP contribution < -0.4 is 5.56 Å². The van der Waals surface area contributed by atoms with Gasteiger partial charge in [-0.05, 0) is 25.0 Å². The number of aromatic nitrogens is 2. The Hall–Kier alpha value is -2.78. The first-order valence-corrected chi connectivity index (χ1v) is 12.0. The minimum Gasteiger partial charge on any atom is -0.379 e. The van der Waals surface area contributed by atoms with E-state index in [0.29, 0.717) is 75.5 Å². The molecule has 0 unspecified atom stereocenters. The number of piperazine rings is 1. The Kier molecular flexibility index (Phi) is 6.41. The molecule has 1 saturated carbocycles. The number of fused-ring (bicyclic) bond motifs is 1. The van der Waals surface area contributed by atoms with Crippen LogP contribution in [0.4, 0.5) is 0 Å². The minimum absolute atomic E-state index is 0.00190. The molecule has 1 aromatic heterocycles. The van der Waals surface area contributed by atoms with Crippen LogP contribution in [0.3, 0.4) is 0 Å². The van der Waals surface area contributed by atoms with E-state index in [-0.39, 0.29) is 23.4 Å². The van der Waals surface area contributed by atoms with Gasteiger partial charge in [0, 0.05) is 58.2 Å². The fourth-order valence-electron chi connectivity index (χ4n) is 4.71. The van der Waals surface area contributed by atoms with Crippen LogP contribution in [0.25, 0.3) is 10.9 Å². The number of carbonyl (C=O) groups is 2. The van der Waals surface area contributed by atoms with Crippen LogP contribution in [0.1, 0.15) is 31.1 Å². The summed E-state index contributed by atoms with van der Waals surface area (Å²) >= 11 is 0. The summed E-state index contributed by atoms with van der Waals surface area (Å²) in [5.74, 6) is 0.881. The minimum atomic E-state index is -0.00190. The van der Waals surface area contributed by atoms with Crippen molar-refractivity contribution in [1.82, 2.24) is 24.3 Å². The Balaban J connectivity index is 1.17. The fourth-order valence-corrected chi connectivity index (χ4v) is 4.71. The van der Waals surface area contributed by atoms with Crippen molar-refractivity contribution in [3.63, 3.8) is 0 Å². The van der Waals surface area contributed by atoms with Crippen molar-refractivity contribution < 1.29 is 14.3 Å². The topological polar surface area (TPSA) is 88.0 Å². The molecule has 1 aromatic carbocycles. The van der Waals surface area contributed by atoms with Gasteiger partial charge in [0.2, 0.25) is 11.8 Å². The Morgan fingerprint density at radius 3 is 2.30 bits per heavy atom. The van der Waals surface area contributed by atoms with Gasteiger partial charge in [-0.15, -0.1) is 0 Å². The second-order valence-corrected chi connectivity index (χ2v) is 9.10. The maximum atomic E-state index is 13.0. The van der Waals surface area contributed by atoms with Crippen molar-refractivity contribution in [2.45, 2.75) is 31.7 Å². The van der Waals surface area contributed by atoms with E-state index in [1.54, 1.807) is 4.57 Å². The van der Waals surface area contributed by atoms with Crippen LogP contribution in [0.2, 0.25) is 0 Å². The maximum Gasteiger partial charge on any atom is 0.261 e. The summed E-state index contributed by atoms with van der Waals surface area (Å²) in [4.78, 5) is 49.0. The number of rotatable bonds is 6. The van der Waals surface area contributed by atoms with Crippen LogP contribution in [0.5, 0.6) is 0 Å². The van der Waals surface area contributed by atoms with Crippen LogP contribution in [0, 0.1) is 0 Å². The molecular weight excluding hydrogens is 422 g/mol. The van der Waals surface area contributed by atoms with Gasteiger partial charge >= 0.3 is 0 Å². The molecule has 9 nitrogen and oxygen atoms in total. The second kappa shape index (κ2) is 9.61. The first kappa shape index (κ1) is 22.0. The SMILES string of the molecule is O=C(CCc1nc2ccccc2c(=O)n1C1CC1)N1CCN(C(=O)CN2CCOCC2)CC1. The van der Waals surface area contributed by atoms with Crippen LogP contribution in [0.15, 0.2) is 29.1 Å². The van der Waals surface area contributed by atoms with E-state index in [4.69, 9.17) is 9.72 Å². The smallest absolute Gasteiger partial charge is 0.261 e. The summed E-state index contributed by atoms with van der Waals surface area (Å²) < 4.78 is 7.14. The quantitative estimate of drug-likeness (QED) is 0.639. The average Bonchev–Trinajstić information content (AvgIpc) is 3.68. The molecule has 0 radical (unpaired) electrons. The number of amides is 2. The van der Waals surface area contributed by atoms with Gasteiger partial charge in [0.1, 0.15) is 5.82 Å². The monoisotopic (exact) mass is 453 g/mol. The number of benzene rings is 1. The zero-order chi connectivity index (χ0) is 22.8. The number of carbonyl (C=O) groups excluding carboxylic acids is 2. The van der Waals surface area contributed by atoms with E-state index in [2.05, 4.69) is 4.90 Å². The maximum absolute atomic E-state index is 13.0. The van der Waals surface area contributed by atoms with E-state index >= 15 is 0 Å². The van der Waals surface area contributed by atoms with Crippen LogP contribution >= 0.6 is 0 Å². The van der Waals surface area contributed by atoms with Gasteiger partial charge < -0.3 is 14.5 Å². The molecule has 0 bridgehead atoms. The molecule has 9 heteroatoms. The lowest BCUT2D eigenvalue weighted by Crippen LogP contribution is -2.53. The zero-order valence-corrected chi connectivity index (χ0v) is 18.9. The zero-order valence-electron chi connectivity index (χ0n) is 18.9. The number of hydrogen-bond donors (Lipinski definition) is 0. The highest BCUT2D eigenvalue weighted by atomic mass is 16.5. The molecule has 1 aliphatic carbocycles. The van der Waals surface area contributed by atoms with Crippen LogP contribution in [-0.4, -0.2) is 95.1 Å². The highest BCUT2D eigenvalue weighted by Crippen LogP contribution is 2.35. The summed E-state index contributed by atoms with van der Waals surface area (Å²) in [5, 5.41) is 0.636. The highest BCUT2D eigenvalue weighted by Gasteiger charge is 2.29. The third kappa shape index (κ3) is 4.94. The van der Waals surface area contributed by atoms with Gasteiger partial charge in [-0.1, -0.05) is 12.1 Å². The third-order valence-electron chi connectivity index (χ3n) is 6.80. The third-order valence-corrected chi connectivity index (χ3v) is 6.80. The van der Waals surface area contributed by atoms with Gasteiger partial charge in [0.15, 0.2) is 0 Å². The summed E-state index contributed by atoms with van der Waals surface area (Å²) in [5.41, 5.74) is 0.687. The molecule has 3 aliphatic rings. The molecule has 5 rings (SSSR count). The molecule has 33 heavy (non-hydrogen) atoms. The van der Waals surface area contributed by atoms with Crippen molar-refractivity contribution in [2.24, 2.45) is 0 Å². The van der Waals surface area contributed by atoms with E-state index in [9.17, 15) is 14.4 Å². The van der Waals surface area contributed by atoms with E-state index < -0.39 is 0 Å². The van der Waals surface area contributed by atoms with Gasteiger partial charge in [-0.25, -0.2) is 4.98 Å². The average molecular weight is 454 g/mol. The summed E-state index contributed by atoms with van der Waals surface area (Å²) in [6, 6.07) is 7.62. The Labute approximate surface area is 192 Å². The molecule has 0 spiro atoms. The van der Waals surface area contributed by atoms with Gasteiger partial charge in [-0.2, -0.15) is 0 Å². The predicted molar refractivity (Wildman–Crippen MR) is 123 cm³/mol. The molecule has 2 saturated heterocycles. The Morgan fingerprint density at radius 1 is 0.939 bits per heavy atom. The van der Waals surface area contributed by atoms with E-state index in [1.807, 2.05) is 34.1 Å². The highest BCUT2D eigenvalue weighted by molar-refractivity contribution is 5.80. The first-order chi connectivity index (χ1) is 16.1. The normalized spacial score (nSPS) is 19.8. The Morgan fingerprint density at radius 2 is 1.61 bits per heavy atom. The fraction of sp³-hybridized carbons (Fsp3) is 0.583. The van der Waals surface area contributed by atoms with E-state index in [1.165, 1.54) is 0 Å². The molecule has 2 aromatic rings. The van der Waals surface area contributed by atoms with Crippen molar-refractivity contribution in [1.29, 1.82) is 0 Å². The molecular formula is C24H31N5O4.